The molecule has 0 saturated heterocycles. The van der Waals surface area contributed by atoms with Gasteiger partial charge in [0.15, 0.2) is 0 Å². The Hall–Kier alpha value is -1.28. The highest BCUT2D eigenvalue weighted by atomic mass is 32.7. The van der Waals surface area contributed by atoms with Gasteiger partial charge in [0.1, 0.15) is 6.07 Å². The Balaban J connectivity index is 3.23. The smallest absolute Gasteiger partial charge is 0.306 e. The van der Waals surface area contributed by atoms with E-state index in [9.17, 15) is 9.83 Å². The fourth-order valence-corrected chi connectivity index (χ4v) is 7.09. The molecule has 0 saturated carbocycles. The summed E-state index contributed by atoms with van der Waals surface area (Å²) in [5.74, 6) is 0.119. The topological polar surface area (TPSA) is 65.7 Å². The Kier molecular flexibility index (Phi) is 8.55. The zero-order valence-electron chi connectivity index (χ0n) is 15.0. The van der Waals surface area contributed by atoms with E-state index in [0.29, 0.717) is 18.8 Å². The lowest BCUT2D eigenvalue weighted by atomic mass is 10.2. The molecule has 2 unspecified atom stereocenters. The summed E-state index contributed by atoms with van der Waals surface area (Å²) in [6.07, 6.45) is 0.871. The minimum atomic E-state index is -3.22. The van der Waals surface area contributed by atoms with E-state index in [1.165, 1.54) is 16.1 Å². The van der Waals surface area contributed by atoms with Crippen LogP contribution in [0, 0.1) is 18.3 Å². The molecule has 7 heteroatoms. The molecule has 0 aliphatic heterocycles. The van der Waals surface area contributed by atoms with Crippen LogP contribution >= 0.6 is 18.1 Å². The van der Waals surface area contributed by atoms with Crippen LogP contribution in [-0.2, 0) is 9.09 Å². The molecule has 0 amide bonds. The maximum Gasteiger partial charge on any atom is 0.355 e. The summed E-state index contributed by atoms with van der Waals surface area (Å²) in [5, 5.41) is 9.72. The second-order valence-electron chi connectivity index (χ2n) is 5.31. The zero-order chi connectivity index (χ0) is 18.2. The van der Waals surface area contributed by atoms with E-state index in [-0.39, 0.29) is 11.1 Å². The third kappa shape index (κ3) is 5.66. The zero-order valence-corrected chi connectivity index (χ0v) is 16.7. The molecule has 1 aromatic carbocycles. The molecule has 0 radical (unpaired) electrons. The number of hydrogen-bond donors (Lipinski definition) is 0. The highest BCUT2D eigenvalue weighted by Crippen LogP contribution is 2.64. The van der Waals surface area contributed by atoms with Crippen molar-refractivity contribution in [3.8, 4) is 6.07 Å². The molecule has 0 aliphatic carbocycles. The lowest BCUT2D eigenvalue weighted by molar-refractivity contribution is 0.318. The average Bonchev–Trinajstić information content (AvgIpc) is 2.56. The Bertz CT molecular complexity index is 640. The van der Waals surface area contributed by atoms with Crippen LogP contribution in [0.2, 0.25) is 0 Å². The second kappa shape index (κ2) is 9.88. The fourth-order valence-electron chi connectivity index (χ4n) is 1.94. The molecule has 0 aliphatic rings. The van der Waals surface area contributed by atoms with Gasteiger partial charge in [-0.3, -0.25) is 9.24 Å². The van der Waals surface area contributed by atoms with Crippen LogP contribution in [0.15, 0.2) is 29.3 Å². The van der Waals surface area contributed by atoms with Gasteiger partial charge in [-0.25, -0.2) is 4.99 Å². The molecule has 0 bridgehead atoms. The van der Waals surface area contributed by atoms with E-state index in [1.807, 2.05) is 52.0 Å². The van der Waals surface area contributed by atoms with Crippen LogP contribution < -0.4 is 0 Å². The predicted molar refractivity (Wildman–Crippen MR) is 103 cm³/mol. The van der Waals surface area contributed by atoms with Crippen LogP contribution in [0.1, 0.15) is 39.7 Å². The van der Waals surface area contributed by atoms with E-state index < -0.39 is 6.72 Å². The SMILES string of the molecule is CCOP(=O)(SC(C)CC)N(CC)C(C#N)=Nc1ccc(C)cc1. The molecule has 0 spiro atoms. The Labute approximate surface area is 149 Å². The normalized spacial score (nSPS) is 15.4. The molecule has 0 heterocycles. The number of nitriles is 1. The Morgan fingerprint density at radius 2 is 2.00 bits per heavy atom. The fraction of sp³-hybridized carbons (Fsp3) is 0.529. The van der Waals surface area contributed by atoms with Crippen molar-refractivity contribution in [1.29, 1.82) is 5.26 Å². The maximum atomic E-state index is 13.4. The van der Waals surface area contributed by atoms with Crippen molar-refractivity contribution in [1.82, 2.24) is 4.67 Å². The number of rotatable bonds is 8. The largest absolute Gasteiger partial charge is 0.355 e. The lowest BCUT2D eigenvalue weighted by Gasteiger charge is -2.30. The summed E-state index contributed by atoms with van der Waals surface area (Å²) in [6.45, 7) is 7.18. The number of aryl methyl sites for hydroxylation is 1. The van der Waals surface area contributed by atoms with Gasteiger partial charge in [-0.2, -0.15) is 5.26 Å². The van der Waals surface area contributed by atoms with Crippen LogP contribution in [0.4, 0.5) is 5.69 Å². The highest BCUT2D eigenvalue weighted by molar-refractivity contribution is 8.56. The van der Waals surface area contributed by atoms with E-state index in [1.54, 1.807) is 6.92 Å². The van der Waals surface area contributed by atoms with Gasteiger partial charge in [-0.05, 0) is 50.7 Å². The predicted octanol–water partition coefficient (Wildman–Crippen LogP) is 5.55. The van der Waals surface area contributed by atoms with E-state index in [0.717, 1.165) is 12.0 Å². The van der Waals surface area contributed by atoms with E-state index in [2.05, 4.69) is 11.1 Å². The van der Waals surface area contributed by atoms with Crippen molar-refractivity contribution in [2.75, 3.05) is 13.2 Å². The molecular formula is C17H26N3O2PS. The summed E-state index contributed by atoms with van der Waals surface area (Å²) >= 11 is 1.29. The van der Waals surface area contributed by atoms with Crippen molar-refractivity contribution in [2.45, 2.75) is 46.3 Å². The number of benzene rings is 1. The molecule has 0 aromatic heterocycles. The molecule has 1 rings (SSSR count). The average molecular weight is 367 g/mol. The standard InChI is InChI=1S/C17H26N3O2PS/c1-6-15(5)24-23(21,22-8-3)20(7-2)17(13-18)19-16-11-9-14(4)10-12-16/h9-12,15H,6-8H2,1-5H3. The van der Waals surface area contributed by atoms with Crippen LogP contribution in [0.3, 0.4) is 0 Å². The first-order valence-electron chi connectivity index (χ1n) is 8.16. The maximum absolute atomic E-state index is 13.4. The van der Waals surface area contributed by atoms with Crippen molar-refractivity contribution < 1.29 is 9.09 Å². The van der Waals surface area contributed by atoms with Crippen LogP contribution in [0.25, 0.3) is 0 Å². The van der Waals surface area contributed by atoms with E-state index >= 15 is 0 Å². The van der Waals surface area contributed by atoms with Crippen molar-refractivity contribution in [2.24, 2.45) is 4.99 Å². The van der Waals surface area contributed by atoms with Gasteiger partial charge in [0.25, 0.3) is 0 Å². The summed E-state index contributed by atoms with van der Waals surface area (Å²) < 4.78 is 20.5. The first kappa shape index (κ1) is 20.8. The van der Waals surface area contributed by atoms with Gasteiger partial charge in [0.2, 0.25) is 5.84 Å². The minimum absolute atomic E-state index is 0.119. The van der Waals surface area contributed by atoms with Gasteiger partial charge >= 0.3 is 6.72 Å². The van der Waals surface area contributed by atoms with Gasteiger partial charge in [-0.1, -0.05) is 31.5 Å². The number of amidine groups is 1. The molecular weight excluding hydrogens is 341 g/mol. The summed E-state index contributed by atoms with van der Waals surface area (Å²) in [6, 6.07) is 9.63. The Morgan fingerprint density at radius 3 is 2.46 bits per heavy atom. The summed E-state index contributed by atoms with van der Waals surface area (Å²) in [5.41, 5.74) is 1.78. The molecule has 24 heavy (non-hydrogen) atoms. The van der Waals surface area contributed by atoms with Gasteiger partial charge < -0.3 is 4.52 Å². The summed E-state index contributed by atoms with van der Waals surface area (Å²) in [7, 11) is 0. The molecule has 0 fully saturated rings. The van der Waals surface area contributed by atoms with Crippen LogP contribution in [0.5, 0.6) is 0 Å². The molecule has 2 atom stereocenters. The molecule has 0 N–H and O–H groups in total. The second-order valence-corrected chi connectivity index (χ2v) is 10.0. The highest BCUT2D eigenvalue weighted by Gasteiger charge is 2.35. The van der Waals surface area contributed by atoms with Crippen molar-refractivity contribution in [3.05, 3.63) is 29.8 Å². The molecule has 5 nitrogen and oxygen atoms in total. The third-order valence-electron chi connectivity index (χ3n) is 3.39. The molecule has 1 aromatic rings. The molecule has 132 valence electrons. The first-order chi connectivity index (χ1) is 11.4. The Morgan fingerprint density at radius 1 is 1.38 bits per heavy atom. The van der Waals surface area contributed by atoms with Crippen LogP contribution in [-0.4, -0.2) is 28.9 Å². The van der Waals surface area contributed by atoms with Gasteiger partial charge in [0.05, 0.1) is 12.3 Å². The first-order valence-corrected chi connectivity index (χ1v) is 11.2. The quantitative estimate of drug-likeness (QED) is 0.342. The van der Waals surface area contributed by atoms with Crippen molar-refractivity contribution >= 4 is 29.6 Å². The summed E-state index contributed by atoms with van der Waals surface area (Å²) in [4.78, 5) is 4.39. The number of nitrogens with zero attached hydrogens (tertiary/aromatic N) is 3. The van der Waals surface area contributed by atoms with E-state index in [4.69, 9.17) is 4.52 Å². The number of aliphatic imine (C=N–C) groups is 1. The minimum Gasteiger partial charge on any atom is -0.306 e. The van der Waals surface area contributed by atoms with Crippen molar-refractivity contribution in [3.63, 3.8) is 0 Å². The van der Waals surface area contributed by atoms with Gasteiger partial charge in [0, 0.05) is 11.8 Å². The monoisotopic (exact) mass is 367 g/mol. The lowest BCUT2D eigenvalue weighted by Crippen LogP contribution is -2.27. The number of hydrogen-bond acceptors (Lipinski definition) is 5. The third-order valence-corrected chi connectivity index (χ3v) is 8.78. The van der Waals surface area contributed by atoms with Gasteiger partial charge in [-0.15, -0.1) is 0 Å².